The van der Waals surface area contributed by atoms with Crippen molar-refractivity contribution in [2.75, 3.05) is 11.5 Å². The predicted octanol–water partition coefficient (Wildman–Crippen LogP) is 1.25. The van der Waals surface area contributed by atoms with Gasteiger partial charge in [0.05, 0.1) is 6.42 Å². The molecule has 1 aromatic carbocycles. The molecule has 1 unspecified atom stereocenters. The Bertz CT molecular complexity index is 1270. The number of hydrogen-bond acceptors (Lipinski definition) is 10. The van der Waals surface area contributed by atoms with E-state index in [1.54, 1.807) is 51.1 Å². The number of aromatic nitrogens is 3. The van der Waals surface area contributed by atoms with Crippen LogP contribution in [0, 0.1) is 0 Å². The first kappa shape index (κ1) is 27.7. The molecule has 3 atom stereocenters. The van der Waals surface area contributed by atoms with Crippen LogP contribution >= 0.6 is 23.5 Å². The van der Waals surface area contributed by atoms with Crippen molar-refractivity contribution in [1.82, 2.24) is 25.6 Å². The molecule has 38 heavy (non-hydrogen) atoms. The number of esters is 1. The molecule has 2 amide bonds. The molecule has 14 heteroatoms. The van der Waals surface area contributed by atoms with Gasteiger partial charge in [0, 0.05) is 11.5 Å². The van der Waals surface area contributed by atoms with Crippen LogP contribution in [-0.2, 0) is 30.3 Å². The maximum atomic E-state index is 12.9. The summed E-state index contributed by atoms with van der Waals surface area (Å²) in [6, 6.07) is 7.35. The molecule has 202 valence electrons. The third kappa shape index (κ3) is 6.03. The standard InChI is InChI=1S/C24H27N5O7S2/c1-24(2,3)36-15(30)9-14-20(27-28-26-14)37-10-13-11-38-22-16(21(33)29(22)17(13)23(34)35)25-19(32)18(31)12-7-5-4-6-8-12/h4-8,16,18,22,31H,9-11H2,1-3H3,(H,25,32)(H,34,35)(H,26,27,28)/t16?,18-,22-/m1/s1. The number of carbonyl (C=O) groups is 4. The summed E-state index contributed by atoms with van der Waals surface area (Å²) >= 11 is 2.51. The number of ether oxygens (including phenoxy) is 1. The minimum atomic E-state index is -1.45. The zero-order valence-corrected chi connectivity index (χ0v) is 22.5. The molecule has 2 aromatic rings. The average molecular weight is 562 g/mol. The molecule has 4 N–H and O–H groups in total. The number of fused-ring (bicyclic) bond motifs is 1. The van der Waals surface area contributed by atoms with Crippen LogP contribution < -0.4 is 5.32 Å². The molecule has 0 bridgehead atoms. The summed E-state index contributed by atoms with van der Waals surface area (Å²) in [5.74, 6) is -2.53. The van der Waals surface area contributed by atoms with Crippen LogP contribution in [0.5, 0.6) is 0 Å². The zero-order chi connectivity index (χ0) is 27.6. The van der Waals surface area contributed by atoms with Gasteiger partial charge in [-0.1, -0.05) is 42.1 Å². The highest BCUT2D eigenvalue weighted by molar-refractivity contribution is 8.01. The van der Waals surface area contributed by atoms with Crippen LogP contribution in [0.3, 0.4) is 0 Å². The van der Waals surface area contributed by atoms with Gasteiger partial charge >= 0.3 is 11.9 Å². The number of aliphatic carboxylic acids is 1. The lowest BCUT2D eigenvalue weighted by Crippen LogP contribution is -2.70. The van der Waals surface area contributed by atoms with Crippen LogP contribution in [0.4, 0.5) is 0 Å². The Morgan fingerprint density at radius 2 is 1.97 bits per heavy atom. The highest BCUT2D eigenvalue weighted by atomic mass is 32.2. The number of nitrogens with zero attached hydrogens (tertiary/aromatic N) is 3. The Kier molecular flexibility index (Phi) is 8.13. The van der Waals surface area contributed by atoms with E-state index in [0.717, 1.165) is 4.90 Å². The van der Waals surface area contributed by atoms with E-state index in [-0.39, 0.29) is 17.9 Å². The van der Waals surface area contributed by atoms with Gasteiger partial charge in [-0.3, -0.25) is 19.3 Å². The van der Waals surface area contributed by atoms with Gasteiger partial charge in [-0.15, -0.1) is 16.9 Å². The second-order valence-corrected chi connectivity index (χ2v) is 11.7. The molecule has 1 fully saturated rings. The van der Waals surface area contributed by atoms with Crippen molar-refractivity contribution < 1.29 is 34.1 Å². The topological polar surface area (TPSA) is 175 Å². The summed E-state index contributed by atoms with van der Waals surface area (Å²) in [7, 11) is 0. The molecular formula is C24H27N5O7S2. The molecule has 4 rings (SSSR count). The van der Waals surface area contributed by atoms with Gasteiger partial charge in [0.2, 0.25) is 0 Å². The van der Waals surface area contributed by atoms with Crippen LogP contribution in [-0.4, -0.2) is 82.8 Å². The van der Waals surface area contributed by atoms with Crippen LogP contribution in [0.15, 0.2) is 46.6 Å². The van der Waals surface area contributed by atoms with Crippen molar-refractivity contribution >= 4 is 47.3 Å². The number of thioether (sulfide) groups is 2. The maximum Gasteiger partial charge on any atom is 0.352 e. The van der Waals surface area contributed by atoms with Gasteiger partial charge in [0.15, 0.2) is 6.10 Å². The highest BCUT2D eigenvalue weighted by Crippen LogP contribution is 2.41. The van der Waals surface area contributed by atoms with E-state index in [9.17, 15) is 29.4 Å². The summed E-state index contributed by atoms with van der Waals surface area (Å²) in [4.78, 5) is 50.9. The number of aromatic amines is 1. The SMILES string of the molecule is CC(C)(C)OC(=O)Cc1n[nH]nc1SCC1=C(C(=O)O)N2C(=O)C(NC(=O)[C@H](O)c3ccccc3)[C@H]2SC1. The van der Waals surface area contributed by atoms with Crippen molar-refractivity contribution in [1.29, 1.82) is 0 Å². The molecule has 1 aromatic heterocycles. The number of rotatable bonds is 9. The predicted molar refractivity (Wildman–Crippen MR) is 138 cm³/mol. The number of H-pyrrole nitrogens is 1. The van der Waals surface area contributed by atoms with Crippen LogP contribution in [0.25, 0.3) is 0 Å². The highest BCUT2D eigenvalue weighted by Gasteiger charge is 2.54. The Morgan fingerprint density at radius 1 is 1.26 bits per heavy atom. The van der Waals surface area contributed by atoms with Crippen LogP contribution in [0.2, 0.25) is 0 Å². The fourth-order valence-electron chi connectivity index (χ4n) is 3.96. The smallest absolute Gasteiger partial charge is 0.352 e. The Morgan fingerprint density at radius 3 is 2.63 bits per heavy atom. The zero-order valence-electron chi connectivity index (χ0n) is 20.8. The first-order valence-electron chi connectivity index (χ1n) is 11.6. The lowest BCUT2D eigenvalue weighted by atomic mass is 10.0. The van der Waals surface area contributed by atoms with Crippen molar-refractivity contribution in [2.45, 2.75) is 55.3 Å². The number of β-lactam (4-membered cyclic amide) rings is 1. The molecule has 0 radical (unpaired) electrons. The van der Waals surface area contributed by atoms with E-state index in [2.05, 4.69) is 20.7 Å². The molecular weight excluding hydrogens is 534 g/mol. The number of hydrogen-bond donors (Lipinski definition) is 4. The van der Waals surface area contributed by atoms with Crippen molar-refractivity contribution in [3.8, 4) is 0 Å². The minimum absolute atomic E-state index is 0.0986. The second kappa shape index (κ2) is 11.2. The van der Waals surface area contributed by atoms with E-state index >= 15 is 0 Å². The molecule has 0 saturated carbocycles. The number of benzene rings is 1. The lowest BCUT2D eigenvalue weighted by molar-refractivity contribution is -0.154. The maximum absolute atomic E-state index is 12.9. The van der Waals surface area contributed by atoms with Gasteiger partial charge in [0.25, 0.3) is 11.8 Å². The third-order valence-corrected chi connectivity index (χ3v) is 8.04. The monoisotopic (exact) mass is 561 g/mol. The number of amides is 2. The van der Waals surface area contributed by atoms with Gasteiger partial charge in [-0.05, 0) is 31.9 Å². The number of aliphatic hydroxyl groups excluding tert-OH is 1. The average Bonchev–Trinajstić information content (AvgIpc) is 3.30. The van der Waals surface area contributed by atoms with E-state index in [4.69, 9.17) is 4.74 Å². The van der Waals surface area contributed by atoms with Gasteiger partial charge in [0.1, 0.15) is 33.4 Å². The molecule has 0 spiro atoms. The molecule has 2 aliphatic rings. The van der Waals surface area contributed by atoms with Crippen molar-refractivity contribution in [3.05, 3.63) is 52.9 Å². The van der Waals surface area contributed by atoms with Gasteiger partial charge in [-0.25, -0.2) is 4.79 Å². The van der Waals surface area contributed by atoms with Gasteiger partial charge < -0.3 is 20.3 Å². The first-order valence-corrected chi connectivity index (χ1v) is 13.7. The quantitative estimate of drug-likeness (QED) is 0.197. The summed E-state index contributed by atoms with van der Waals surface area (Å²) in [5.41, 5.74) is 0.471. The number of carboxylic acid groups (broad SMARTS) is 1. The fraction of sp³-hybridized carbons (Fsp3) is 0.417. The largest absolute Gasteiger partial charge is 0.477 e. The van der Waals surface area contributed by atoms with Crippen molar-refractivity contribution in [3.63, 3.8) is 0 Å². The van der Waals surface area contributed by atoms with E-state index in [0.29, 0.717) is 27.6 Å². The molecule has 1 saturated heterocycles. The summed E-state index contributed by atoms with van der Waals surface area (Å²) in [6.45, 7) is 5.28. The van der Waals surface area contributed by atoms with E-state index in [1.165, 1.54) is 23.5 Å². The van der Waals surface area contributed by atoms with E-state index < -0.39 is 46.9 Å². The Hall–Kier alpha value is -3.36. The molecule has 2 aliphatic heterocycles. The molecule has 0 aliphatic carbocycles. The number of nitrogens with one attached hydrogen (secondary N) is 2. The Labute approximate surface area is 226 Å². The lowest BCUT2D eigenvalue weighted by Gasteiger charge is -2.49. The Balaban J connectivity index is 1.42. The van der Waals surface area contributed by atoms with Crippen molar-refractivity contribution in [2.24, 2.45) is 0 Å². The summed E-state index contributed by atoms with van der Waals surface area (Å²) < 4.78 is 5.32. The molecule has 12 nitrogen and oxygen atoms in total. The number of aliphatic hydroxyl groups is 1. The van der Waals surface area contributed by atoms with E-state index in [1.807, 2.05) is 0 Å². The third-order valence-electron chi connectivity index (χ3n) is 5.61. The fourth-order valence-corrected chi connectivity index (χ4v) is 6.37. The minimum Gasteiger partial charge on any atom is -0.477 e. The number of carboxylic acids is 1. The second-order valence-electron chi connectivity index (χ2n) is 9.59. The van der Waals surface area contributed by atoms with Gasteiger partial charge in [-0.2, -0.15) is 10.3 Å². The number of carbonyl (C=O) groups excluding carboxylic acids is 3. The van der Waals surface area contributed by atoms with Crippen LogP contribution in [0.1, 0.15) is 38.1 Å². The molecule has 3 heterocycles. The summed E-state index contributed by atoms with van der Waals surface area (Å²) in [5, 5.41) is 33.1. The summed E-state index contributed by atoms with van der Waals surface area (Å²) in [6.07, 6.45) is -1.55. The first-order chi connectivity index (χ1) is 18.0. The normalized spacial score (nSPS) is 19.9.